The number of nitrogens with two attached hydrogens (primary N) is 6. The molecule has 13 atom stereocenters. The van der Waals surface area contributed by atoms with Crippen molar-refractivity contribution in [2.75, 3.05) is 24.6 Å². The van der Waals surface area contributed by atoms with Gasteiger partial charge in [-0.15, -0.1) is 11.8 Å². The number of thioether (sulfide) groups is 1. The molecule has 648 valence electrons. The van der Waals surface area contributed by atoms with E-state index in [1.54, 1.807) is 126 Å². The summed E-state index contributed by atoms with van der Waals surface area (Å²) in [5, 5.41) is 34.8. The molecule has 4 rings (SSSR count). The number of carbonyl (C=O) groups is 15. The lowest BCUT2D eigenvalue weighted by Crippen LogP contribution is -2.54. The number of aliphatic imine (C=N–C) groups is 2. The summed E-state index contributed by atoms with van der Waals surface area (Å²) in [6.07, 6.45) is -3.84. The zero-order chi connectivity index (χ0) is 87.7. The Balaban J connectivity index is 1.98. The largest absolute Gasteiger partial charge is 0.481 e. The molecule has 1 saturated heterocycles. The Morgan fingerprint density at radius 1 is 0.458 bits per heavy atom. The molecule has 0 saturated carbocycles. The van der Waals surface area contributed by atoms with E-state index in [9.17, 15) is 48.3 Å². The minimum atomic E-state index is -1.89. The Bertz CT molecular complexity index is 3930. The van der Waals surface area contributed by atoms with Crippen LogP contribution < -0.4 is 66.3 Å². The van der Waals surface area contributed by atoms with Gasteiger partial charge in [-0.05, 0) is 105 Å². The van der Waals surface area contributed by atoms with Crippen LogP contribution in [-0.2, 0) is 91.2 Å². The number of aliphatic carboxylic acids is 1. The summed E-state index contributed by atoms with van der Waals surface area (Å²) in [5.74, 6) is -21.5. The van der Waals surface area contributed by atoms with Crippen LogP contribution in [0.1, 0.15) is 194 Å². The standard InChI is InChI=1S/C86H127N15O16S/c1-9-53(8)62-46-71(104)60(51(4)5)44-75(108)66(40-56-27-17-12-18-28-56)98-82(115)59(37-50(2)3)43-73(106)64(38-54-23-13-10-14-24-54)96-78(110)49-118-48-68(69(102)33-34-77(89)109)101-81(114)58(30-21-35-94-85(90)91)42-72(105)65(39-55-25-15-11-16-26-55)99-83(116)61(52(6)7)45-74(107)63(31-22-36-95-86(92)93)97-84(117)67(47-79(111)112)100-80(113)57(41-70(62)103)29-19-20-32-76(87)88/h10-18,23-28,50-53,57-68H,9,19-22,29-49H2,1-8H3,(H3,87,88)(H2,89,109)(H,96,110)(H,97,117)(H,98,115)(H,99,116)(H,100,113)(H,101,114)(H,111,112)(H4,90,91,94)(H4,92,93,95)/t53-,57+,58+,59+,60-,61-,62-,63-,64-,65-,66-,67-,68-/m0/s1. The van der Waals surface area contributed by atoms with E-state index in [1.807, 2.05) is 20.8 Å². The van der Waals surface area contributed by atoms with E-state index >= 15 is 28.8 Å². The third kappa shape index (κ3) is 37.4. The summed E-state index contributed by atoms with van der Waals surface area (Å²) >= 11 is 0.908. The van der Waals surface area contributed by atoms with Crippen molar-refractivity contribution in [2.24, 2.45) is 104 Å². The monoisotopic (exact) mass is 1660 g/mol. The predicted molar refractivity (Wildman–Crippen MR) is 453 cm³/mol. The first-order chi connectivity index (χ1) is 55.8. The number of ketones is 7. The number of amidine groups is 1. The van der Waals surface area contributed by atoms with E-state index in [4.69, 9.17) is 39.8 Å². The summed E-state index contributed by atoms with van der Waals surface area (Å²) in [6, 6.07) is 17.6. The average Bonchev–Trinajstić information content (AvgIpc) is 0.846. The number of nitrogens with zero attached hydrogens (tertiary/aromatic N) is 2. The maximum atomic E-state index is 15.1. The first-order valence-corrected chi connectivity index (χ1v) is 42.1. The SMILES string of the molecule is CC[C@H](C)[C@@H]1CC(=O)[C@H](C(C)C)CC(=O)[C@H](Cc2ccccc2)NC(=O)[C@H](CC(C)C)CC(=O)[C@H](Cc2ccccc2)NC(=O)CSC[C@@H](C(=O)CCC(N)=O)NC(=O)[C@H](CCCN=C(N)N)CC(=O)[C@H](Cc2ccccc2)NC(=O)[C@H](C(C)C)CC(=O)[C@H](CCCN=C(N)N)NC(=O)[C@H](CC(=O)O)NC(=O)[C@H](CCCCC(=N)N)CC1=O. The van der Waals surface area contributed by atoms with Crippen molar-refractivity contribution in [3.63, 3.8) is 0 Å². The number of Topliss-reactive ketones (excluding diaryl/α,β-unsaturated/α-hetero) is 7. The van der Waals surface area contributed by atoms with Gasteiger partial charge in [-0.25, -0.2) is 0 Å². The second kappa shape index (κ2) is 52.3. The Morgan fingerprint density at radius 3 is 1.36 bits per heavy atom. The van der Waals surface area contributed by atoms with Gasteiger partial charge in [0.1, 0.15) is 17.6 Å². The second-order valence-electron chi connectivity index (χ2n) is 32.1. The number of unbranched alkanes of at least 4 members (excludes halogenated alkanes) is 1. The van der Waals surface area contributed by atoms with Crippen molar-refractivity contribution >= 4 is 117 Å². The van der Waals surface area contributed by atoms with Crippen molar-refractivity contribution in [1.29, 1.82) is 5.41 Å². The smallest absolute Gasteiger partial charge is 0.305 e. The summed E-state index contributed by atoms with van der Waals surface area (Å²) in [4.78, 5) is 226. The quantitative estimate of drug-likeness (QED) is 0.0225. The number of hydrogen-bond donors (Lipinski definition) is 14. The van der Waals surface area contributed by atoms with E-state index in [0.29, 0.717) is 23.1 Å². The Kier molecular flexibility index (Phi) is 44.3. The number of benzene rings is 3. The summed E-state index contributed by atoms with van der Waals surface area (Å²) in [6.45, 7) is 14.0. The molecule has 32 heteroatoms. The van der Waals surface area contributed by atoms with Gasteiger partial charge in [0.25, 0.3) is 0 Å². The van der Waals surface area contributed by atoms with Gasteiger partial charge in [0, 0.05) is 112 Å². The number of carbonyl (C=O) groups excluding carboxylic acids is 14. The number of hydrogen-bond acceptors (Lipinski definition) is 19. The molecular weight excluding hydrogens is 1530 g/mol. The van der Waals surface area contributed by atoms with Gasteiger partial charge < -0.3 is 71.4 Å². The highest BCUT2D eigenvalue weighted by Gasteiger charge is 2.40. The zero-order valence-electron chi connectivity index (χ0n) is 69.6. The molecule has 3 aromatic carbocycles. The highest BCUT2D eigenvalue weighted by Crippen LogP contribution is 2.31. The number of nitrogens with one attached hydrogen (secondary N) is 7. The predicted octanol–water partition coefficient (Wildman–Crippen LogP) is 5.14. The van der Waals surface area contributed by atoms with Crippen LogP contribution in [0.4, 0.5) is 0 Å². The lowest BCUT2D eigenvalue weighted by Gasteiger charge is -2.29. The number of carboxylic acid groups (broad SMARTS) is 1. The lowest BCUT2D eigenvalue weighted by atomic mass is 9.76. The summed E-state index contributed by atoms with van der Waals surface area (Å²) in [5.41, 5.74) is 35.7. The molecule has 1 aliphatic rings. The fourth-order valence-electron chi connectivity index (χ4n) is 14.3. The van der Waals surface area contributed by atoms with Crippen LogP contribution in [0, 0.1) is 64.6 Å². The van der Waals surface area contributed by atoms with Gasteiger partial charge in [-0.3, -0.25) is 87.3 Å². The van der Waals surface area contributed by atoms with Crippen LogP contribution >= 0.6 is 11.8 Å². The number of primary amides is 1. The Hall–Kier alpha value is -10.5. The molecule has 7 amide bonds. The lowest BCUT2D eigenvalue weighted by molar-refractivity contribution is -0.142. The Morgan fingerprint density at radius 2 is 0.873 bits per heavy atom. The molecule has 20 N–H and O–H groups in total. The topological polar surface area (TPSA) is 553 Å². The molecule has 3 aromatic rings. The molecule has 31 nitrogen and oxygen atoms in total. The van der Waals surface area contributed by atoms with Gasteiger partial charge >= 0.3 is 5.97 Å². The van der Waals surface area contributed by atoms with Crippen LogP contribution in [0.3, 0.4) is 0 Å². The number of amides is 7. The van der Waals surface area contributed by atoms with Crippen molar-refractivity contribution in [2.45, 2.75) is 233 Å². The Labute approximate surface area is 697 Å². The highest BCUT2D eigenvalue weighted by atomic mass is 32.2. The first kappa shape index (κ1) is 99.8. The molecule has 0 aromatic heterocycles. The van der Waals surface area contributed by atoms with Crippen molar-refractivity contribution in [3.8, 4) is 0 Å². The van der Waals surface area contributed by atoms with E-state index in [-0.39, 0.29) is 132 Å². The van der Waals surface area contributed by atoms with Crippen molar-refractivity contribution in [1.82, 2.24) is 31.9 Å². The average molecular weight is 1660 g/mol. The minimum absolute atomic E-state index is 0.00466. The number of carboxylic acids is 1. The fourth-order valence-corrected chi connectivity index (χ4v) is 15.2. The maximum Gasteiger partial charge on any atom is 0.305 e. The molecule has 0 spiro atoms. The molecule has 0 radical (unpaired) electrons. The summed E-state index contributed by atoms with van der Waals surface area (Å²) in [7, 11) is 0. The molecule has 0 unspecified atom stereocenters. The normalized spacial score (nSPS) is 23.4. The van der Waals surface area contributed by atoms with Crippen molar-refractivity contribution < 1.29 is 77.0 Å². The van der Waals surface area contributed by atoms with Gasteiger partial charge in [0.2, 0.25) is 41.4 Å². The van der Waals surface area contributed by atoms with Gasteiger partial charge in [0.05, 0.1) is 48.2 Å². The van der Waals surface area contributed by atoms with Crippen LogP contribution in [-0.4, -0.2) is 172 Å². The summed E-state index contributed by atoms with van der Waals surface area (Å²) < 4.78 is 0. The molecule has 1 aliphatic heterocycles. The zero-order valence-corrected chi connectivity index (χ0v) is 70.4. The van der Waals surface area contributed by atoms with Crippen LogP contribution in [0.15, 0.2) is 101 Å². The molecule has 0 aliphatic carbocycles. The van der Waals surface area contributed by atoms with Crippen molar-refractivity contribution in [3.05, 3.63) is 108 Å². The van der Waals surface area contributed by atoms with Crippen LogP contribution in [0.5, 0.6) is 0 Å². The first-order valence-electron chi connectivity index (χ1n) is 41.0. The van der Waals surface area contributed by atoms with Gasteiger partial charge in [0.15, 0.2) is 40.8 Å². The van der Waals surface area contributed by atoms with E-state index in [1.165, 1.54) is 0 Å². The third-order valence-electron chi connectivity index (χ3n) is 21.3. The van der Waals surface area contributed by atoms with E-state index in [0.717, 1.165) is 11.8 Å². The second-order valence-corrected chi connectivity index (χ2v) is 33.2. The van der Waals surface area contributed by atoms with Gasteiger partial charge in [-0.2, -0.15) is 0 Å². The van der Waals surface area contributed by atoms with Crippen LogP contribution in [0.2, 0.25) is 0 Å². The third-order valence-corrected chi connectivity index (χ3v) is 22.4. The van der Waals surface area contributed by atoms with E-state index < -0.39 is 228 Å². The van der Waals surface area contributed by atoms with E-state index in [2.05, 4.69) is 41.9 Å². The van der Waals surface area contributed by atoms with Crippen LogP contribution in [0.25, 0.3) is 0 Å². The molecule has 1 fully saturated rings. The minimum Gasteiger partial charge on any atom is -0.481 e. The molecular formula is C86H127N15O16S. The number of rotatable bonds is 31. The fraction of sp³-hybridized carbons (Fsp3) is 0.581. The molecule has 118 heavy (non-hydrogen) atoms. The maximum absolute atomic E-state index is 15.1. The molecule has 0 bridgehead atoms. The van der Waals surface area contributed by atoms with Gasteiger partial charge in [-0.1, -0.05) is 159 Å². The number of guanidine groups is 2. The highest BCUT2D eigenvalue weighted by molar-refractivity contribution is 8.00. The molecule has 1 heterocycles.